The average molecular weight is 262 g/mol. The smallest absolute Gasteiger partial charge is 0.492 e. The van der Waals surface area contributed by atoms with Crippen molar-refractivity contribution in [3.8, 4) is 5.75 Å². The minimum Gasteiger partial charge on any atom is -0.508 e. The number of aromatic hydroxyl groups is 1. The molecule has 0 saturated heterocycles. The van der Waals surface area contributed by atoms with Crippen molar-refractivity contribution in [1.29, 1.82) is 0 Å². The molecule has 0 saturated carbocycles. The van der Waals surface area contributed by atoms with E-state index < -0.39 is 7.12 Å². The molecule has 0 aliphatic heterocycles. The maximum Gasteiger partial charge on any atom is 0.492 e. The lowest BCUT2D eigenvalue weighted by atomic mass is 9.75. The van der Waals surface area contributed by atoms with Crippen molar-refractivity contribution < 1.29 is 15.2 Å². The van der Waals surface area contributed by atoms with E-state index in [0.717, 1.165) is 26.9 Å². The minimum absolute atomic E-state index is 0.0918. The zero-order valence-corrected chi connectivity index (χ0v) is 10.5. The van der Waals surface area contributed by atoms with Gasteiger partial charge in [-0.05, 0) is 38.4 Å². The van der Waals surface area contributed by atoms with E-state index in [1.165, 1.54) is 0 Å². The fourth-order valence-electron chi connectivity index (χ4n) is 3.09. The molecule has 0 aliphatic rings. The summed E-state index contributed by atoms with van der Waals surface area (Å²) in [7, 11) is -1.69. The number of benzene rings is 4. The second kappa shape index (κ2) is 3.85. The zero-order valence-electron chi connectivity index (χ0n) is 10.5. The molecule has 0 fully saturated rings. The summed E-state index contributed by atoms with van der Waals surface area (Å²) >= 11 is 0. The van der Waals surface area contributed by atoms with Crippen LogP contribution in [0.4, 0.5) is 0 Å². The van der Waals surface area contributed by atoms with E-state index >= 15 is 0 Å². The summed E-state index contributed by atoms with van der Waals surface area (Å²) in [5, 5.41) is 34.9. The van der Waals surface area contributed by atoms with Crippen LogP contribution in [-0.4, -0.2) is 22.3 Å². The Bertz CT molecular complexity index is 931. The third-order valence-corrected chi connectivity index (χ3v) is 3.93. The van der Waals surface area contributed by atoms with Crippen molar-refractivity contribution in [2.75, 3.05) is 0 Å². The molecule has 0 heterocycles. The average Bonchev–Trinajstić information content (AvgIpc) is 2.43. The molecule has 4 aromatic carbocycles. The molecule has 0 spiro atoms. The van der Waals surface area contributed by atoms with Crippen LogP contribution >= 0.6 is 0 Å². The molecule has 4 rings (SSSR count). The van der Waals surface area contributed by atoms with Gasteiger partial charge in [-0.15, -0.1) is 0 Å². The molecule has 96 valence electrons. The molecule has 20 heavy (non-hydrogen) atoms. The van der Waals surface area contributed by atoms with Crippen LogP contribution in [0.1, 0.15) is 0 Å². The van der Waals surface area contributed by atoms with Gasteiger partial charge in [-0.2, -0.15) is 0 Å². The van der Waals surface area contributed by atoms with Crippen LogP contribution in [0.5, 0.6) is 5.75 Å². The monoisotopic (exact) mass is 262 g/mol. The van der Waals surface area contributed by atoms with E-state index in [2.05, 4.69) is 0 Å². The van der Waals surface area contributed by atoms with Gasteiger partial charge in [-0.1, -0.05) is 42.5 Å². The summed E-state index contributed by atoms with van der Waals surface area (Å²) in [6, 6.07) is 15.4. The van der Waals surface area contributed by atoms with Gasteiger partial charge in [-0.3, -0.25) is 0 Å². The van der Waals surface area contributed by atoms with E-state index in [0.29, 0.717) is 5.39 Å². The van der Waals surface area contributed by atoms with E-state index in [9.17, 15) is 15.2 Å². The Balaban J connectivity index is 2.36. The van der Waals surface area contributed by atoms with Crippen molar-refractivity contribution in [3.63, 3.8) is 0 Å². The minimum atomic E-state index is -1.69. The molecular weight excluding hydrogens is 251 g/mol. The van der Waals surface area contributed by atoms with Crippen molar-refractivity contribution in [3.05, 3.63) is 48.5 Å². The van der Waals surface area contributed by atoms with Gasteiger partial charge in [0.1, 0.15) is 5.75 Å². The molecule has 4 aromatic rings. The fraction of sp³-hybridized carbons (Fsp3) is 0. The molecule has 4 heteroatoms. The third-order valence-electron chi connectivity index (χ3n) is 3.93. The lowest BCUT2D eigenvalue weighted by Crippen LogP contribution is -2.30. The van der Waals surface area contributed by atoms with E-state index in [4.69, 9.17) is 0 Å². The van der Waals surface area contributed by atoms with Crippen molar-refractivity contribution in [1.82, 2.24) is 0 Å². The van der Waals surface area contributed by atoms with Gasteiger partial charge in [0, 0.05) is 5.46 Å². The highest BCUT2D eigenvalue weighted by molar-refractivity contribution is 6.64. The molecule has 0 atom stereocenters. The number of hydrogen-bond acceptors (Lipinski definition) is 3. The molecule has 0 unspecified atom stereocenters. The van der Waals surface area contributed by atoms with Crippen LogP contribution in [0.15, 0.2) is 48.5 Å². The Morgan fingerprint density at radius 1 is 0.750 bits per heavy atom. The summed E-state index contributed by atoms with van der Waals surface area (Å²) in [6.45, 7) is 0. The Hall–Kier alpha value is -2.30. The van der Waals surface area contributed by atoms with E-state index in [-0.39, 0.29) is 11.2 Å². The molecule has 3 N–H and O–H groups in total. The predicted molar refractivity (Wildman–Crippen MR) is 81.6 cm³/mol. The largest absolute Gasteiger partial charge is 0.508 e. The summed E-state index contributed by atoms with van der Waals surface area (Å²) in [5.74, 6) is -0.0918. The number of hydrogen-bond donors (Lipinski definition) is 3. The quantitative estimate of drug-likeness (QED) is 0.363. The van der Waals surface area contributed by atoms with Crippen LogP contribution in [0, 0.1) is 0 Å². The van der Waals surface area contributed by atoms with Gasteiger partial charge in [0.25, 0.3) is 0 Å². The van der Waals surface area contributed by atoms with Gasteiger partial charge in [-0.25, -0.2) is 0 Å². The highest BCUT2D eigenvalue weighted by atomic mass is 16.4. The first kappa shape index (κ1) is 11.5. The molecular formula is C16H11BO3. The zero-order chi connectivity index (χ0) is 13.9. The second-order valence-corrected chi connectivity index (χ2v) is 5.04. The van der Waals surface area contributed by atoms with Crippen LogP contribution in [0.2, 0.25) is 0 Å². The fourth-order valence-corrected chi connectivity index (χ4v) is 3.09. The van der Waals surface area contributed by atoms with Crippen molar-refractivity contribution in [2.45, 2.75) is 0 Å². The van der Waals surface area contributed by atoms with Gasteiger partial charge < -0.3 is 15.2 Å². The Labute approximate surface area is 115 Å². The van der Waals surface area contributed by atoms with Crippen LogP contribution in [0.25, 0.3) is 32.3 Å². The Morgan fingerprint density at radius 3 is 2.10 bits per heavy atom. The van der Waals surface area contributed by atoms with Gasteiger partial charge >= 0.3 is 7.12 Å². The number of phenolic OH excluding ortho intramolecular Hbond substituents is 1. The SMILES string of the molecule is OB(O)c1c(O)cc2ccc3cccc4ccc1c2c34. The Kier molecular flexibility index (Phi) is 2.22. The van der Waals surface area contributed by atoms with Crippen LogP contribution < -0.4 is 5.46 Å². The second-order valence-electron chi connectivity index (χ2n) is 5.04. The van der Waals surface area contributed by atoms with E-state index in [1.54, 1.807) is 6.07 Å². The first-order valence-corrected chi connectivity index (χ1v) is 6.42. The summed E-state index contributed by atoms with van der Waals surface area (Å²) in [6.07, 6.45) is 0. The van der Waals surface area contributed by atoms with Gasteiger partial charge in [0.15, 0.2) is 0 Å². The molecule has 0 amide bonds. The summed E-state index contributed by atoms with van der Waals surface area (Å²) in [4.78, 5) is 0. The van der Waals surface area contributed by atoms with Crippen molar-refractivity contribution in [2.24, 2.45) is 0 Å². The van der Waals surface area contributed by atoms with Gasteiger partial charge in [0.2, 0.25) is 0 Å². The maximum atomic E-state index is 10.0. The van der Waals surface area contributed by atoms with Gasteiger partial charge in [0.05, 0.1) is 0 Å². The molecule has 0 bridgehead atoms. The first-order chi connectivity index (χ1) is 9.66. The number of rotatable bonds is 1. The molecule has 0 radical (unpaired) electrons. The summed E-state index contributed by atoms with van der Waals surface area (Å²) < 4.78 is 0. The number of phenols is 1. The predicted octanol–water partition coefficient (Wildman–Crippen LogP) is 1.97. The molecule has 0 aliphatic carbocycles. The highest BCUT2D eigenvalue weighted by Gasteiger charge is 2.22. The lowest BCUT2D eigenvalue weighted by Gasteiger charge is -2.14. The third kappa shape index (κ3) is 1.37. The van der Waals surface area contributed by atoms with Crippen LogP contribution in [-0.2, 0) is 0 Å². The van der Waals surface area contributed by atoms with E-state index in [1.807, 2.05) is 42.5 Å². The molecule has 3 nitrogen and oxygen atoms in total. The Morgan fingerprint density at radius 2 is 1.40 bits per heavy atom. The first-order valence-electron chi connectivity index (χ1n) is 6.42. The lowest BCUT2D eigenvalue weighted by molar-refractivity contribution is 0.420. The van der Waals surface area contributed by atoms with Crippen molar-refractivity contribution >= 4 is 44.9 Å². The normalized spacial score (nSPS) is 11.7. The topological polar surface area (TPSA) is 60.7 Å². The highest BCUT2D eigenvalue weighted by Crippen LogP contribution is 2.35. The summed E-state index contributed by atoms with van der Waals surface area (Å²) in [5.41, 5.74) is 0.163. The maximum absolute atomic E-state index is 10.0. The van der Waals surface area contributed by atoms with Crippen LogP contribution in [0.3, 0.4) is 0 Å². The standard InChI is InChI=1S/C16H11BO3/c18-13-8-11-5-4-9-2-1-3-10-6-7-12(15(11)14(9)10)16(13)17(19)20/h1-8,18-20H. The molecule has 0 aromatic heterocycles.